The molecule has 142 valence electrons. The van der Waals surface area contributed by atoms with Crippen molar-refractivity contribution >= 4 is 51.5 Å². The number of hydrogen-bond acceptors (Lipinski definition) is 7. The highest BCUT2D eigenvalue weighted by Crippen LogP contribution is 2.53. The number of amides is 1. The van der Waals surface area contributed by atoms with E-state index in [2.05, 4.69) is 15.3 Å². The molecule has 3 heterocycles. The zero-order valence-electron chi connectivity index (χ0n) is 14.3. The van der Waals surface area contributed by atoms with Crippen molar-refractivity contribution in [1.29, 1.82) is 0 Å². The minimum absolute atomic E-state index is 0.231. The number of nitrogens with two attached hydrogens (primary N) is 1. The Morgan fingerprint density at radius 3 is 3.00 bits per heavy atom. The number of aliphatic imine (C=N–C) groups is 1. The second kappa shape index (κ2) is 6.73. The summed E-state index contributed by atoms with van der Waals surface area (Å²) in [5.74, 6) is -0.143. The van der Waals surface area contributed by atoms with E-state index in [-0.39, 0.29) is 11.6 Å². The zero-order chi connectivity index (χ0) is 19.2. The number of hydrogen-bond donors (Lipinski definition) is 2. The Labute approximate surface area is 168 Å². The molecule has 0 spiro atoms. The van der Waals surface area contributed by atoms with Gasteiger partial charge in [0.2, 0.25) is 0 Å². The van der Waals surface area contributed by atoms with Gasteiger partial charge in [0.15, 0.2) is 10.2 Å². The number of nitrogens with zero attached hydrogens (tertiary/aromatic N) is 2. The predicted octanol–water partition coefficient (Wildman–Crippen LogP) is 3.48. The molecule has 27 heavy (non-hydrogen) atoms. The van der Waals surface area contributed by atoms with Gasteiger partial charge in [0, 0.05) is 22.4 Å². The van der Waals surface area contributed by atoms with Crippen LogP contribution in [0.25, 0.3) is 0 Å². The number of nitrogens with one attached hydrogen (secondary N) is 1. The Balaban J connectivity index is 1.72. The highest BCUT2D eigenvalue weighted by Gasteiger charge is 2.57. The Bertz CT molecular complexity index is 953. The van der Waals surface area contributed by atoms with Crippen molar-refractivity contribution in [2.45, 2.75) is 12.5 Å². The molecule has 1 amide bonds. The van der Waals surface area contributed by atoms with Crippen LogP contribution >= 0.6 is 34.7 Å². The fourth-order valence-corrected chi connectivity index (χ4v) is 5.24. The average molecular weight is 427 g/mol. The number of benzene rings is 1. The topological polar surface area (TPSA) is 89.6 Å². The number of carbonyl (C=O) groups excluding carboxylic acids is 1. The zero-order valence-corrected chi connectivity index (χ0v) is 16.7. The van der Waals surface area contributed by atoms with Gasteiger partial charge in [-0.1, -0.05) is 41.6 Å². The normalized spacial score (nSPS) is 27.1. The Kier molecular flexibility index (Phi) is 4.66. The van der Waals surface area contributed by atoms with Crippen molar-refractivity contribution < 1.29 is 13.9 Å². The lowest BCUT2D eigenvalue weighted by Crippen LogP contribution is -2.48. The minimum atomic E-state index is -0.919. The molecule has 3 N–H and O–H groups in total. The highest BCUT2D eigenvalue weighted by atomic mass is 35.5. The number of rotatable bonds is 3. The van der Waals surface area contributed by atoms with Crippen LogP contribution in [0.3, 0.4) is 0 Å². The van der Waals surface area contributed by atoms with Gasteiger partial charge in [-0.3, -0.25) is 4.79 Å². The molecule has 4 rings (SSSR count). The van der Waals surface area contributed by atoms with E-state index in [4.69, 9.17) is 22.1 Å². The molecule has 0 bridgehead atoms. The van der Waals surface area contributed by atoms with Gasteiger partial charge in [0.1, 0.15) is 15.7 Å². The minimum Gasteiger partial charge on any atom is -0.379 e. The lowest BCUT2D eigenvalue weighted by atomic mass is 9.70. The number of fused-ring (bicyclic) bond motifs is 1. The van der Waals surface area contributed by atoms with Gasteiger partial charge >= 0.3 is 0 Å². The maximum atomic E-state index is 14.8. The molecule has 2 aliphatic heterocycles. The van der Waals surface area contributed by atoms with Crippen LogP contribution in [-0.2, 0) is 10.3 Å². The van der Waals surface area contributed by atoms with Crippen molar-refractivity contribution in [2.75, 3.05) is 24.3 Å². The number of carbonyl (C=O) groups is 1. The predicted molar refractivity (Wildman–Crippen MR) is 106 cm³/mol. The summed E-state index contributed by atoms with van der Waals surface area (Å²) < 4.78 is 20.9. The maximum absolute atomic E-state index is 14.8. The summed E-state index contributed by atoms with van der Waals surface area (Å²) in [6.45, 7) is 2.72. The van der Waals surface area contributed by atoms with Crippen LogP contribution < -0.4 is 11.1 Å². The van der Waals surface area contributed by atoms with Gasteiger partial charge in [-0.05, 0) is 18.2 Å². The van der Waals surface area contributed by atoms with Crippen LogP contribution in [0.2, 0.25) is 4.34 Å². The molecule has 1 aromatic carbocycles. The van der Waals surface area contributed by atoms with E-state index in [1.807, 2.05) is 6.92 Å². The van der Waals surface area contributed by atoms with Crippen molar-refractivity contribution in [1.82, 2.24) is 4.98 Å². The Morgan fingerprint density at radius 2 is 2.26 bits per heavy atom. The van der Waals surface area contributed by atoms with Gasteiger partial charge in [0.05, 0.1) is 19.4 Å². The first kappa shape index (κ1) is 18.7. The maximum Gasteiger partial charge on any atom is 0.284 e. The van der Waals surface area contributed by atoms with Crippen molar-refractivity contribution in [3.8, 4) is 0 Å². The third kappa shape index (κ3) is 3.12. The molecule has 10 heteroatoms. The van der Waals surface area contributed by atoms with E-state index in [1.54, 1.807) is 6.07 Å². The Hall–Kier alpha value is -1.68. The summed E-state index contributed by atoms with van der Waals surface area (Å²) in [6, 6.07) is 4.42. The molecule has 1 aromatic heterocycles. The van der Waals surface area contributed by atoms with E-state index in [0.717, 1.165) is 11.3 Å². The van der Waals surface area contributed by atoms with E-state index in [9.17, 15) is 9.18 Å². The van der Waals surface area contributed by atoms with Gasteiger partial charge in [-0.15, -0.1) is 0 Å². The number of anilines is 1. The van der Waals surface area contributed by atoms with E-state index in [0.29, 0.717) is 33.1 Å². The smallest absolute Gasteiger partial charge is 0.284 e. The first-order valence-electron chi connectivity index (χ1n) is 8.12. The van der Waals surface area contributed by atoms with E-state index >= 15 is 0 Å². The number of ether oxygens (including phenoxy) is 1. The fourth-order valence-electron chi connectivity index (χ4n) is 3.43. The number of thioether (sulfide) groups is 1. The summed E-state index contributed by atoms with van der Waals surface area (Å²) in [5, 5.41) is 3.37. The molecule has 2 unspecified atom stereocenters. The Morgan fingerprint density at radius 1 is 1.44 bits per heavy atom. The van der Waals surface area contributed by atoms with Crippen molar-refractivity contribution in [3.63, 3.8) is 0 Å². The van der Waals surface area contributed by atoms with E-state index in [1.165, 1.54) is 30.1 Å². The molecular weight excluding hydrogens is 411 g/mol. The van der Waals surface area contributed by atoms with Gasteiger partial charge in [-0.25, -0.2) is 14.4 Å². The largest absolute Gasteiger partial charge is 0.379 e. The molecule has 0 radical (unpaired) electrons. The van der Waals surface area contributed by atoms with Crippen LogP contribution in [0.1, 0.15) is 22.3 Å². The first-order valence-corrected chi connectivity index (χ1v) is 10.3. The monoisotopic (exact) mass is 426 g/mol. The summed E-state index contributed by atoms with van der Waals surface area (Å²) in [5.41, 5.74) is 5.45. The molecule has 1 saturated heterocycles. The quantitative estimate of drug-likeness (QED) is 0.784. The van der Waals surface area contributed by atoms with Crippen LogP contribution in [0, 0.1) is 11.2 Å². The SMILES string of the molecule is CC12COCC1(c1cc(NC(=O)c3ncc(Cl)s3)ccc1F)N=C(N)SC2. The fraction of sp³-hybridized carbons (Fsp3) is 0.353. The lowest BCUT2D eigenvalue weighted by Gasteiger charge is -2.42. The number of halogens is 2. The van der Waals surface area contributed by atoms with Crippen molar-refractivity contribution in [3.05, 3.63) is 45.1 Å². The summed E-state index contributed by atoms with van der Waals surface area (Å²) >= 11 is 8.34. The molecule has 1 fully saturated rings. The molecule has 2 atom stereocenters. The lowest BCUT2D eigenvalue weighted by molar-refractivity contribution is 0.102. The second-order valence-corrected chi connectivity index (χ2v) is 9.43. The molecule has 6 nitrogen and oxygen atoms in total. The molecule has 0 saturated carbocycles. The van der Waals surface area contributed by atoms with Crippen LogP contribution in [0.5, 0.6) is 0 Å². The highest BCUT2D eigenvalue weighted by molar-refractivity contribution is 8.13. The second-order valence-electron chi connectivity index (χ2n) is 6.77. The van der Waals surface area contributed by atoms with Crippen molar-refractivity contribution in [2.24, 2.45) is 16.1 Å². The van der Waals surface area contributed by atoms with Gasteiger partial charge in [0.25, 0.3) is 5.91 Å². The van der Waals surface area contributed by atoms with Crippen LogP contribution in [0.15, 0.2) is 29.4 Å². The first-order chi connectivity index (χ1) is 12.8. The summed E-state index contributed by atoms with van der Waals surface area (Å²) in [6.07, 6.45) is 1.41. The van der Waals surface area contributed by atoms with Gasteiger partial charge < -0.3 is 15.8 Å². The molecular formula is C17H16ClFN4O2S2. The summed E-state index contributed by atoms with van der Waals surface area (Å²) in [4.78, 5) is 20.9. The average Bonchev–Trinajstić information content (AvgIpc) is 3.20. The number of thiazole rings is 1. The third-order valence-electron chi connectivity index (χ3n) is 4.91. The van der Waals surface area contributed by atoms with Crippen LogP contribution in [0.4, 0.5) is 10.1 Å². The van der Waals surface area contributed by atoms with Gasteiger partial charge in [-0.2, -0.15) is 0 Å². The third-order valence-corrected chi connectivity index (χ3v) is 7.19. The molecule has 0 aliphatic carbocycles. The summed E-state index contributed by atoms with van der Waals surface area (Å²) in [7, 11) is 0. The molecule has 2 aromatic rings. The van der Waals surface area contributed by atoms with E-state index < -0.39 is 22.7 Å². The number of amidine groups is 1. The van der Waals surface area contributed by atoms with Crippen LogP contribution in [-0.4, -0.2) is 35.0 Å². The molecule has 2 aliphatic rings. The number of aromatic nitrogens is 1. The standard InChI is InChI=1S/C17H16ClFN4O2S2/c1-16-6-25-7-17(16,23-15(20)26-8-16)10-4-9(2-3-11(10)19)22-13(24)14-21-5-12(18)27-14/h2-5H,6-8H2,1H3,(H2,20,23)(H,22,24).